The first kappa shape index (κ1) is 31.7. The van der Waals surface area contributed by atoms with Crippen LogP contribution in [0.15, 0.2) is 106 Å². The van der Waals surface area contributed by atoms with Gasteiger partial charge in [-0.2, -0.15) is 5.10 Å². The first-order valence-corrected chi connectivity index (χ1v) is 15.4. The van der Waals surface area contributed by atoms with Crippen molar-refractivity contribution in [3.8, 4) is 11.5 Å². The van der Waals surface area contributed by atoms with E-state index in [9.17, 15) is 9.59 Å². The minimum atomic E-state index is -0.618. The Balaban J connectivity index is 1.18. The highest BCUT2D eigenvalue weighted by atomic mass is 79.9. The highest BCUT2D eigenvalue weighted by molar-refractivity contribution is 9.10. The van der Waals surface area contributed by atoms with Crippen molar-refractivity contribution < 1.29 is 23.8 Å². The fourth-order valence-electron chi connectivity index (χ4n) is 4.90. The molecule has 5 rings (SSSR count). The molecule has 1 aliphatic heterocycles. The molecule has 230 valence electrons. The lowest BCUT2D eigenvalue weighted by Crippen LogP contribution is -2.45. The number of hydrogen-bond acceptors (Lipinski definition) is 7. The Hall–Kier alpha value is -4.74. The van der Waals surface area contributed by atoms with Gasteiger partial charge >= 0.3 is 5.97 Å². The number of carbonyl (C=O) groups is 2. The van der Waals surface area contributed by atoms with Crippen molar-refractivity contribution in [1.82, 2.24) is 16.1 Å². The molecular formula is C34H31BrN4O5S. The Morgan fingerprint density at radius 3 is 2.60 bits per heavy atom. The van der Waals surface area contributed by atoms with Gasteiger partial charge in [0.05, 0.1) is 28.9 Å². The van der Waals surface area contributed by atoms with E-state index < -0.39 is 17.9 Å². The number of halogens is 1. The second kappa shape index (κ2) is 14.8. The van der Waals surface area contributed by atoms with Gasteiger partial charge < -0.3 is 24.8 Å². The second-order valence-corrected chi connectivity index (χ2v) is 11.3. The lowest BCUT2D eigenvalue weighted by Gasteiger charge is -2.30. The standard InChI is InChI=1S/C34H31BrN4O5S/c1-3-42-33(41)31-21(2)37-34(45)38-32(31)26-13-6-7-14-28(26)44-20-30(40)39-36-18-22-15-16-29(27(35)17-22)43-19-24-11-8-10-23-9-4-5-12-25(23)24/h4-18,32H,3,19-20H2,1-2H3,(H,39,40)(H2,37,38,45)/t32-/m0/s1. The maximum Gasteiger partial charge on any atom is 0.338 e. The third-order valence-corrected chi connectivity index (χ3v) is 7.81. The van der Waals surface area contributed by atoms with E-state index in [-0.39, 0.29) is 13.2 Å². The van der Waals surface area contributed by atoms with Crippen LogP contribution in [0.2, 0.25) is 0 Å². The van der Waals surface area contributed by atoms with Gasteiger partial charge in [-0.1, -0.05) is 60.7 Å². The molecule has 1 atom stereocenters. The molecule has 11 heteroatoms. The van der Waals surface area contributed by atoms with E-state index in [2.05, 4.69) is 61.4 Å². The number of nitrogens with zero attached hydrogens (tertiary/aromatic N) is 1. The lowest BCUT2D eigenvalue weighted by molar-refractivity contribution is -0.139. The monoisotopic (exact) mass is 686 g/mol. The Labute approximate surface area is 274 Å². The summed E-state index contributed by atoms with van der Waals surface area (Å²) in [6.07, 6.45) is 1.53. The van der Waals surface area contributed by atoms with E-state index in [0.29, 0.717) is 40.1 Å². The van der Waals surface area contributed by atoms with Crippen LogP contribution in [0.1, 0.15) is 36.6 Å². The van der Waals surface area contributed by atoms with E-state index in [1.807, 2.05) is 42.5 Å². The number of esters is 1. The van der Waals surface area contributed by atoms with Gasteiger partial charge in [-0.25, -0.2) is 10.2 Å². The number of ether oxygens (including phenoxy) is 3. The van der Waals surface area contributed by atoms with Crippen LogP contribution in [-0.2, 0) is 20.9 Å². The first-order valence-electron chi connectivity index (χ1n) is 14.2. The molecule has 0 unspecified atom stereocenters. The van der Waals surface area contributed by atoms with Crippen molar-refractivity contribution in [3.05, 3.63) is 117 Å². The molecule has 4 aromatic carbocycles. The molecule has 0 saturated carbocycles. The first-order chi connectivity index (χ1) is 21.8. The molecule has 1 amide bonds. The Morgan fingerprint density at radius 2 is 1.78 bits per heavy atom. The average Bonchev–Trinajstić information content (AvgIpc) is 3.03. The summed E-state index contributed by atoms with van der Waals surface area (Å²) in [4.78, 5) is 25.3. The van der Waals surface area contributed by atoms with Crippen molar-refractivity contribution in [2.24, 2.45) is 5.10 Å². The number of thiocarbonyl (C=S) groups is 1. The van der Waals surface area contributed by atoms with Crippen molar-refractivity contribution in [2.75, 3.05) is 13.2 Å². The van der Waals surface area contributed by atoms with Crippen LogP contribution in [0.3, 0.4) is 0 Å². The summed E-state index contributed by atoms with van der Waals surface area (Å²) in [5, 5.41) is 12.8. The molecule has 3 N–H and O–H groups in total. The van der Waals surface area contributed by atoms with Crippen molar-refractivity contribution >= 4 is 62.1 Å². The van der Waals surface area contributed by atoms with E-state index in [1.165, 1.54) is 11.6 Å². The zero-order valence-electron chi connectivity index (χ0n) is 24.6. The van der Waals surface area contributed by atoms with Crippen LogP contribution >= 0.6 is 28.1 Å². The number of hydrazone groups is 1. The predicted molar refractivity (Wildman–Crippen MR) is 181 cm³/mol. The van der Waals surface area contributed by atoms with Crippen LogP contribution in [0.5, 0.6) is 11.5 Å². The quantitative estimate of drug-likeness (QED) is 0.0756. The molecule has 0 aromatic heterocycles. The maximum atomic E-state index is 12.8. The summed E-state index contributed by atoms with van der Waals surface area (Å²) in [6, 6.07) is 26.4. The number of nitrogens with one attached hydrogen (secondary N) is 3. The van der Waals surface area contributed by atoms with E-state index >= 15 is 0 Å². The van der Waals surface area contributed by atoms with E-state index in [0.717, 1.165) is 21.0 Å². The highest BCUT2D eigenvalue weighted by Gasteiger charge is 2.32. The number of para-hydroxylation sites is 1. The third-order valence-electron chi connectivity index (χ3n) is 6.98. The van der Waals surface area contributed by atoms with Gasteiger partial charge in [0.25, 0.3) is 5.91 Å². The molecule has 9 nitrogen and oxygen atoms in total. The number of benzene rings is 4. The van der Waals surface area contributed by atoms with Gasteiger partial charge in [0.15, 0.2) is 11.7 Å². The van der Waals surface area contributed by atoms with Gasteiger partial charge in [0, 0.05) is 11.3 Å². The molecule has 0 fully saturated rings. The molecule has 1 aliphatic rings. The SMILES string of the molecule is CCOC(=O)C1=C(C)NC(=S)N[C@H]1c1ccccc1OCC(=O)NN=Cc1ccc(OCc2cccc3ccccc23)c(Br)c1. The summed E-state index contributed by atoms with van der Waals surface area (Å²) in [7, 11) is 0. The van der Waals surface area contributed by atoms with Gasteiger partial charge in [0.2, 0.25) is 0 Å². The van der Waals surface area contributed by atoms with Crippen molar-refractivity contribution in [3.63, 3.8) is 0 Å². The maximum absolute atomic E-state index is 12.8. The summed E-state index contributed by atoms with van der Waals surface area (Å²) in [6.45, 7) is 3.85. The van der Waals surface area contributed by atoms with Crippen molar-refractivity contribution in [2.45, 2.75) is 26.5 Å². The molecule has 4 aromatic rings. The summed E-state index contributed by atoms with van der Waals surface area (Å²) < 4.78 is 18.0. The minimum absolute atomic E-state index is 0.229. The van der Waals surface area contributed by atoms with Gasteiger partial charge in [0.1, 0.15) is 18.1 Å². The molecule has 1 heterocycles. The van der Waals surface area contributed by atoms with E-state index in [1.54, 1.807) is 32.0 Å². The Bertz CT molecular complexity index is 1800. The number of amides is 1. The highest BCUT2D eigenvalue weighted by Crippen LogP contribution is 2.33. The summed E-state index contributed by atoms with van der Waals surface area (Å²) in [5.41, 5.74) is 5.94. The molecule has 45 heavy (non-hydrogen) atoms. The fourth-order valence-corrected chi connectivity index (χ4v) is 5.68. The number of fused-ring (bicyclic) bond motifs is 1. The smallest absolute Gasteiger partial charge is 0.338 e. The molecule has 0 spiro atoms. The lowest BCUT2D eigenvalue weighted by atomic mass is 9.95. The second-order valence-electron chi connectivity index (χ2n) is 10.0. The average molecular weight is 688 g/mol. The number of carbonyl (C=O) groups excluding carboxylic acids is 2. The summed E-state index contributed by atoms with van der Waals surface area (Å²) in [5.74, 6) is 0.175. The zero-order chi connectivity index (χ0) is 31.8. The normalized spacial score (nSPS) is 14.6. The van der Waals surface area contributed by atoms with Crippen LogP contribution in [0.25, 0.3) is 10.8 Å². The van der Waals surface area contributed by atoms with Crippen LogP contribution in [0, 0.1) is 0 Å². The van der Waals surface area contributed by atoms with Gasteiger partial charge in [-0.05, 0) is 88.2 Å². The minimum Gasteiger partial charge on any atom is -0.488 e. The Morgan fingerprint density at radius 1 is 1.00 bits per heavy atom. The molecule has 0 saturated heterocycles. The Kier molecular flexibility index (Phi) is 10.4. The van der Waals surface area contributed by atoms with Crippen LogP contribution in [0.4, 0.5) is 0 Å². The van der Waals surface area contributed by atoms with Gasteiger partial charge in [-0.15, -0.1) is 0 Å². The number of rotatable bonds is 11. The molecular weight excluding hydrogens is 656 g/mol. The molecule has 0 radical (unpaired) electrons. The van der Waals surface area contributed by atoms with Crippen LogP contribution in [-0.4, -0.2) is 36.4 Å². The van der Waals surface area contributed by atoms with Crippen LogP contribution < -0.4 is 25.5 Å². The largest absolute Gasteiger partial charge is 0.488 e. The predicted octanol–water partition coefficient (Wildman–Crippen LogP) is 6.07. The fraction of sp³-hybridized carbons (Fsp3) is 0.176. The topological polar surface area (TPSA) is 110 Å². The summed E-state index contributed by atoms with van der Waals surface area (Å²) >= 11 is 8.89. The van der Waals surface area contributed by atoms with Crippen molar-refractivity contribution in [1.29, 1.82) is 0 Å². The van der Waals surface area contributed by atoms with Gasteiger partial charge in [-0.3, -0.25) is 4.79 Å². The number of hydrogen-bond donors (Lipinski definition) is 3. The van der Waals surface area contributed by atoms with E-state index in [4.69, 9.17) is 26.4 Å². The zero-order valence-corrected chi connectivity index (χ0v) is 27.0. The number of allylic oxidation sites excluding steroid dienone is 1. The molecule has 0 aliphatic carbocycles. The molecule has 0 bridgehead atoms. The third kappa shape index (κ3) is 7.86.